The number of fused-ring (bicyclic) bond motifs is 3. The average Bonchev–Trinajstić information content (AvgIpc) is 3.56. The molecule has 0 atom stereocenters. The number of hydrogen-bond donors (Lipinski definition) is 0. The molecule has 4 fully saturated rings. The van der Waals surface area contributed by atoms with Gasteiger partial charge in [-0.25, -0.2) is 4.98 Å². The van der Waals surface area contributed by atoms with Crippen LogP contribution in [-0.2, 0) is 15.0 Å². The Kier molecular flexibility index (Phi) is 8.91. The molecule has 0 unspecified atom stereocenters. The Balaban J connectivity index is 1.25. The number of methoxy groups -OCH3 is 1. The smallest absolute Gasteiger partial charge is 0.231 e. The van der Waals surface area contributed by atoms with Crippen LogP contribution in [0, 0.1) is 24.2 Å². The van der Waals surface area contributed by atoms with Gasteiger partial charge in [0, 0.05) is 36.7 Å². The lowest BCUT2D eigenvalue weighted by atomic mass is 9.51. The fraction of sp³-hybridized carbons (Fsp3) is 0.579. The summed E-state index contributed by atoms with van der Waals surface area (Å²) in [6.07, 6.45) is 14.9. The van der Waals surface area contributed by atoms with E-state index in [1.54, 1.807) is 14.0 Å². The van der Waals surface area contributed by atoms with Crippen molar-refractivity contribution < 1.29 is 14.3 Å². The summed E-state index contributed by atoms with van der Waals surface area (Å²) < 4.78 is 7.50. The highest BCUT2D eigenvalue weighted by molar-refractivity contribution is 5.94. The molecule has 45 heavy (non-hydrogen) atoms. The lowest BCUT2D eigenvalue weighted by molar-refractivity contribution is -0.124. The number of nitrogens with zero attached hydrogens (tertiary/aromatic N) is 4. The Morgan fingerprint density at radius 2 is 1.73 bits per heavy atom. The van der Waals surface area contributed by atoms with Crippen LogP contribution in [0.25, 0.3) is 11.3 Å². The molecule has 7 nitrogen and oxygen atoms in total. The fourth-order valence-electron chi connectivity index (χ4n) is 8.48. The Morgan fingerprint density at radius 3 is 2.33 bits per heavy atom. The number of pyridine rings is 1. The Hall–Kier alpha value is -3.48. The van der Waals surface area contributed by atoms with Crippen molar-refractivity contribution in [1.82, 2.24) is 14.8 Å². The molecule has 2 aromatic heterocycles. The monoisotopic (exact) mass is 610 g/mol. The quantitative estimate of drug-likeness (QED) is 0.231. The first-order valence-corrected chi connectivity index (χ1v) is 17.1. The molecule has 3 aromatic rings. The molecule has 0 aliphatic heterocycles. The van der Waals surface area contributed by atoms with Gasteiger partial charge in [0.1, 0.15) is 17.4 Å². The molecule has 1 amide bonds. The highest BCUT2D eigenvalue weighted by atomic mass is 16.5. The number of aryl methyl sites for hydroxylation is 1. The molecule has 4 aliphatic carbocycles. The molecule has 7 heteroatoms. The van der Waals surface area contributed by atoms with E-state index >= 15 is 0 Å². The zero-order valence-corrected chi connectivity index (χ0v) is 27.8. The van der Waals surface area contributed by atoms with Crippen LogP contribution < -0.4 is 9.64 Å². The number of rotatable bonds is 10. The van der Waals surface area contributed by atoms with E-state index in [4.69, 9.17) is 9.72 Å². The van der Waals surface area contributed by atoms with Gasteiger partial charge in [0.2, 0.25) is 5.91 Å². The number of amides is 1. The zero-order chi connectivity index (χ0) is 31.8. The van der Waals surface area contributed by atoms with Crippen LogP contribution in [0.5, 0.6) is 5.75 Å². The molecule has 2 heterocycles. The van der Waals surface area contributed by atoms with Crippen molar-refractivity contribution in [2.24, 2.45) is 17.3 Å². The van der Waals surface area contributed by atoms with E-state index in [-0.39, 0.29) is 34.5 Å². The number of ether oxygens (including phenoxy) is 1. The van der Waals surface area contributed by atoms with Gasteiger partial charge in [-0.3, -0.25) is 14.4 Å². The van der Waals surface area contributed by atoms with Gasteiger partial charge >= 0.3 is 0 Å². The molecule has 0 saturated heterocycles. The zero-order valence-electron chi connectivity index (χ0n) is 27.8. The predicted molar refractivity (Wildman–Crippen MR) is 178 cm³/mol. The van der Waals surface area contributed by atoms with Gasteiger partial charge in [-0.2, -0.15) is 5.10 Å². The van der Waals surface area contributed by atoms with Gasteiger partial charge in [-0.1, -0.05) is 18.2 Å². The third-order valence-electron chi connectivity index (χ3n) is 11.4. The van der Waals surface area contributed by atoms with Crippen molar-refractivity contribution in [2.45, 2.75) is 110 Å². The van der Waals surface area contributed by atoms with Crippen molar-refractivity contribution in [3.63, 3.8) is 0 Å². The number of hydrogen-bond acceptors (Lipinski definition) is 5. The van der Waals surface area contributed by atoms with E-state index in [9.17, 15) is 9.59 Å². The number of Topliss-reactive ketones (excluding diaryl/α,β-unsaturated/α-hetero) is 1. The minimum absolute atomic E-state index is 0.0210. The molecule has 0 radical (unpaired) electrons. The molecule has 2 bridgehead atoms. The Bertz CT molecular complexity index is 1510. The second-order valence-electron chi connectivity index (χ2n) is 14.7. The molecule has 240 valence electrons. The number of carbonyl (C=O) groups is 2. The van der Waals surface area contributed by atoms with Crippen LogP contribution in [0.15, 0.2) is 48.8 Å². The number of ketones is 1. The first-order valence-electron chi connectivity index (χ1n) is 17.1. The summed E-state index contributed by atoms with van der Waals surface area (Å²) in [7, 11) is 1.74. The number of aromatic nitrogens is 3. The lowest BCUT2D eigenvalue weighted by Gasteiger charge is -2.55. The summed E-state index contributed by atoms with van der Waals surface area (Å²) in [5, 5.41) is 4.54. The van der Waals surface area contributed by atoms with E-state index < -0.39 is 0 Å². The van der Waals surface area contributed by atoms with Crippen LogP contribution >= 0.6 is 0 Å². The Morgan fingerprint density at radius 1 is 1.02 bits per heavy atom. The SMILES string of the molecule is COc1ccc(C23CCC(CN(C(=O)C4CCC(CC(C)=O)CC4)c4cccc(-c5cnn(C(C)C)c5)n4)(CC2)CC3)cc1C. The maximum absolute atomic E-state index is 14.5. The van der Waals surface area contributed by atoms with E-state index in [1.807, 2.05) is 35.3 Å². The summed E-state index contributed by atoms with van der Waals surface area (Å²) in [5.74, 6) is 2.55. The highest BCUT2D eigenvalue weighted by Crippen LogP contribution is 2.58. The Labute approximate surface area is 268 Å². The van der Waals surface area contributed by atoms with Gasteiger partial charge < -0.3 is 9.53 Å². The van der Waals surface area contributed by atoms with Crippen molar-refractivity contribution >= 4 is 17.5 Å². The average molecular weight is 611 g/mol. The normalized spacial score (nSPS) is 26.2. The molecular weight excluding hydrogens is 560 g/mol. The second kappa shape index (κ2) is 12.7. The maximum atomic E-state index is 14.5. The van der Waals surface area contributed by atoms with Crippen molar-refractivity contribution in [1.29, 1.82) is 0 Å². The summed E-state index contributed by atoms with van der Waals surface area (Å²) in [4.78, 5) is 33.4. The molecule has 1 aromatic carbocycles. The summed E-state index contributed by atoms with van der Waals surface area (Å²) in [6, 6.07) is 13.1. The molecule has 7 rings (SSSR count). The third kappa shape index (κ3) is 6.45. The topological polar surface area (TPSA) is 77.3 Å². The number of anilines is 1. The van der Waals surface area contributed by atoms with Gasteiger partial charge in [0.15, 0.2) is 0 Å². The number of benzene rings is 1. The van der Waals surface area contributed by atoms with E-state index in [0.717, 1.165) is 93.6 Å². The molecule has 4 aliphatic rings. The highest BCUT2D eigenvalue weighted by Gasteiger charge is 2.50. The minimum atomic E-state index is -0.0210. The second-order valence-corrected chi connectivity index (χ2v) is 14.7. The van der Waals surface area contributed by atoms with Crippen LogP contribution in [0.2, 0.25) is 0 Å². The van der Waals surface area contributed by atoms with Crippen LogP contribution in [0.3, 0.4) is 0 Å². The summed E-state index contributed by atoms with van der Waals surface area (Å²) >= 11 is 0. The summed E-state index contributed by atoms with van der Waals surface area (Å²) in [6.45, 7) is 8.77. The van der Waals surface area contributed by atoms with Crippen molar-refractivity contribution in [3.05, 3.63) is 59.9 Å². The van der Waals surface area contributed by atoms with Crippen molar-refractivity contribution in [2.75, 3.05) is 18.6 Å². The maximum Gasteiger partial charge on any atom is 0.231 e. The molecule has 0 N–H and O–H groups in total. The summed E-state index contributed by atoms with van der Waals surface area (Å²) in [5.41, 5.74) is 4.78. The van der Waals surface area contributed by atoms with Crippen LogP contribution in [-0.4, -0.2) is 40.1 Å². The number of carbonyl (C=O) groups excluding carboxylic acids is 2. The van der Waals surface area contributed by atoms with E-state index in [0.29, 0.717) is 12.3 Å². The van der Waals surface area contributed by atoms with Gasteiger partial charge in [0.25, 0.3) is 0 Å². The molecule has 4 saturated carbocycles. The van der Waals surface area contributed by atoms with Gasteiger partial charge in [-0.05, 0) is 138 Å². The molecule has 0 spiro atoms. The first-order chi connectivity index (χ1) is 21.6. The first kappa shape index (κ1) is 31.5. The van der Waals surface area contributed by atoms with E-state index in [1.165, 1.54) is 11.1 Å². The van der Waals surface area contributed by atoms with E-state index in [2.05, 4.69) is 49.0 Å². The standard InChI is InChI=1S/C38H50N4O3/c1-26(2)42-24-31(23-39-42)33-7-6-8-35(40-33)41(36(44)30-11-9-29(10-12-30)22-28(4)43)25-37-15-18-38(19-16-37,20-17-37)32-13-14-34(45-5)27(3)21-32/h6-8,13-14,21,23-24,26,29-30H,9-12,15-20,22,25H2,1-5H3. The third-order valence-corrected chi connectivity index (χ3v) is 11.4. The van der Waals surface area contributed by atoms with Crippen LogP contribution in [0.1, 0.15) is 109 Å². The predicted octanol–water partition coefficient (Wildman–Crippen LogP) is 8.25. The largest absolute Gasteiger partial charge is 0.496 e. The minimum Gasteiger partial charge on any atom is -0.496 e. The van der Waals surface area contributed by atoms with Crippen LogP contribution in [0.4, 0.5) is 5.82 Å². The van der Waals surface area contributed by atoms with Gasteiger partial charge in [0.05, 0.1) is 19.0 Å². The lowest BCUT2D eigenvalue weighted by Crippen LogP contribution is -2.52. The van der Waals surface area contributed by atoms with Crippen molar-refractivity contribution in [3.8, 4) is 17.0 Å². The molecular formula is C38H50N4O3. The fourth-order valence-corrected chi connectivity index (χ4v) is 8.48. The van der Waals surface area contributed by atoms with Gasteiger partial charge in [-0.15, -0.1) is 0 Å².